The Bertz CT molecular complexity index is 884. The first-order valence-electron chi connectivity index (χ1n) is 8.59. The molecule has 0 aliphatic carbocycles. The zero-order chi connectivity index (χ0) is 19.6. The zero-order valence-electron chi connectivity index (χ0n) is 15.9. The number of carbonyl (C=O) groups excluding carboxylic acids is 2. The van der Waals surface area contributed by atoms with Crippen LogP contribution >= 0.6 is 11.3 Å². The third-order valence-corrected chi connectivity index (χ3v) is 5.23. The van der Waals surface area contributed by atoms with Crippen LogP contribution in [-0.4, -0.2) is 33.7 Å². The van der Waals surface area contributed by atoms with Crippen molar-refractivity contribution in [2.45, 2.75) is 66.2 Å². The lowest BCUT2D eigenvalue weighted by molar-refractivity contribution is -0.152. The third-order valence-electron chi connectivity index (χ3n) is 4.05. The van der Waals surface area contributed by atoms with Crippen LogP contribution < -0.4 is 5.56 Å². The minimum atomic E-state index is -0.807. The minimum absolute atomic E-state index is 0.224. The number of thiophene rings is 1. The Hall–Kier alpha value is -2.22. The lowest BCUT2D eigenvalue weighted by Crippen LogP contribution is -2.31. The molecule has 0 saturated carbocycles. The van der Waals surface area contributed by atoms with Gasteiger partial charge in [0, 0.05) is 0 Å². The average Bonchev–Trinajstić information content (AvgIpc) is 2.91. The van der Waals surface area contributed by atoms with Gasteiger partial charge in [0.2, 0.25) is 0 Å². The van der Waals surface area contributed by atoms with Crippen LogP contribution in [0.1, 0.15) is 62.3 Å². The number of ether oxygens (including phenoxy) is 2. The van der Waals surface area contributed by atoms with Gasteiger partial charge in [0.05, 0.1) is 23.9 Å². The number of hydrogen-bond donors (Lipinski definition) is 0. The predicted octanol–water partition coefficient (Wildman–Crippen LogP) is 3.23. The van der Waals surface area contributed by atoms with Gasteiger partial charge in [0.25, 0.3) is 5.56 Å². The fourth-order valence-corrected chi connectivity index (χ4v) is 3.39. The number of aromatic nitrogens is 2. The smallest absolute Gasteiger partial charge is 0.348 e. The molecule has 0 saturated heterocycles. The number of esters is 2. The van der Waals surface area contributed by atoms with Crippen LogP contribution in [0.15, 0.2) is 11.1 Å². The molecule has 2 rings (SSSR count). The van der Waals surface area contributed by atoms with Gasteiger partial charge < -0.3 is 9.47 Å². The molecule has 0 aromatic carbocycles. The van der Waals surface area contributed by atoms with Crippen LogP contribution in [0, 0.1) is 6.92 Å². The summed E-state index contributed by atoms with van der Waals surface area (Å²) in [5.41, 5.74) is 0.144. The SMILES string of the molecule is CC[C@H](C)OC(=O)[C@@H](C)n1cnc2sc(C(=O)OC(C)C)c(C)c2c1=O. The Morgan fingerprint density at radius 1 is 1.23 bits per heavy atom. The first-order chi connectivity index (χ1) is 12.2. The molecule has 0 spiro atoms. The fraction of sp³-hybridized carbons (Fsp3) is 0.556. The van der Waals surface area contributed by atoms with E-state index in [1.165, 1.54) is 10.9 Å². The molecule has 2 heterocycles. The van der Waals surface area contributed by atoms with Gasteiger partial charge in [-0.25, -0.2) is 14.6 Å². The Kier molecular flexibility index (Phi) is 6.17. The van der Waals surface area contributed by atoms with Gasteiger partial charge >= 0.3 is 11.9 Å². The lowest BCUT2D eigenvalue weighted by Gasteiger charge is -2.17. The summed E-state index contributed by atoms with van der Waals surface area (Å²) in [7, 11) is 0. The molecule has 142 valence electrons. The van der Waals surface area contributed by atoms with E-state index in [0.717, 1.165) is 11.3 Å². The second-order valence-corrected chi connectivity index (χ2v) is 7.48. The van der Waals surface area contributed by atoms with E-state index in [0.29, 0.717) is 27.1 Å². The highest BCUT2D eigenvalue weighted by Gasteiger charge is 2.25. The lowest BCUT2D eigenvalue weighted by atomic mass is 10.2. The molecule has 2 atom stereocenters. The summed E-state index contributed by atoms with van der Waals surface area (Å²) in [4.78, 5) is 42.4. The highest BCUT2D eigenvalue weighted by Crippen LogP contribution is 2.28. The molecule has 0 aliphatic rings. The van der Waals surface area contributed by atoms with Gasteiger partial charge in [-0.15, -0.1) is 11.3 Å². The standard InChI is InChI=1S/C18H24N2O5S/c1-7-10(4)25-17(22)12(6)20-8-19-15-13(16(20)21)11(5)14(26-15)18(23)24-9(2)3/h8-10,12H,7H2,1-6H3/t10-,12+/m0/s1. The maximum absolute atomic E-state index is 12.9. The maximum Gasteiger partial charge on any atom is 0.348 e. The van der Waals surface area contributed by atoms with E-state index in [2.05, 4.69) is 4.98 Å². The number of fused-ring (bicyclic) bond motifs is 1. The Morgan fingerprint density at radius 2 is 1.88 bits per heavy atom. The van der Waals surface area contributed by atoms with Crippen molar-refractivity contribution in [3.8, 4) is 0 Å². The summed E-state index contributed by atoms with van der Waals surface area (Å²) in [5.74, 6) is -0.967. The second kappa shape index (κ2) is 7.99. The first kappa shape index (κ1) is 20.1. The molecule has 0 unspecified atom stereocenters. The van der Waals surface area contributed by atoms with Gasteiger partial charge in [-0.1, -0.05) is 6.92 Å². The van der Waals surface area contributed by atoms with Crippen molar-refractivity contribution in [1.29, 1.82) is 0 Å². The van der Waals surface area contributed by atoms with E-state index in [1.807, 2.05) is 6.92 Å². The highest BCUT2D eigenvalue weighted by molar-refractivity contribution is 7.20. The molecule has 0 N–H and O–H groups in total. The minimum Gasteiger partial charge on any atom is -0.461 e. The normalized spacial score (nSPS) is 13.7. The van der Waals surface area contributed by atoms with Crippen molar-refractivity contribution in [3.05, 3.63) is 27.1 Å². The number of nitrogens with zero attached hydrogens (tertiary/aromatic N) is 2. The monoisotopic (exact) mass is 380 g/mol. The molecular weight excluding hydrogens is 356 g/mol. The molecule has 0 bridgehead atoms. The van der Waals surface area contributed by atoms with Crippen LogP contribution in [0.3, 0.4) is 0 Å². The molecule has 2 aromatic heterocycles. The summed E-state index contributed by atoms with van der Waals surface area (Å²) >= 11 is 1.12. The van der Waals surface area contributed by atoms with Gasteiger partial charge in [-0.05, 0) is 46.6 Å². The van der Waals surface area contributed by atoms with Crippen molar-refractivity contribution < 1.29 is 19.1 Å². The van der Waals surface area contributed by atoms with Gasteiger partial charge in [0.1, 0.15) is 15.7 Å². The third kappa shape index (κ3) is 3.95. The van der Waals surface area contributed by atoms with Gasteiger partial charge in [0.15, 0.2) is 0 Å². The molecule has 0 radical (unpaired) electrons. The van der Waals surface area contributed by atoms with Crippen LogP contribution in [0.4, 0.5) is 0 Å². The molecule has 0 amide bonds. The Morgan fingerprint density at radius 3 is 2.46 bits per heavy atom. The number of aryl methyl sites for hydroxylation is 1. The van der Waals surface area contributed by atoms with Crippen molar-refractivity contribution in [1.82, 2.24) is 9.55 Å². The summed E-state index contributed by atoms with van der Waals surface area (Å²) < 4.78 is 11.8. The fourth-order valence-electron chi connectivity index (χ4n) is 2.37. The van der Waals surface area contributed by atoms with E-state index in [9.17, 15) is 14.4 Å². The van der Waals surface area contributed by atoms with E-state index in [4.69, 9.17) is 9.47 Å². The van der Waals surface area contributed by atoms with E-state index in [1.54, 1.807) is 34.6 Å². The largest absolute Gasteiger partial charge is 0.461 e. The molecule has 7 nitrogen and oxygen atoms in total. The summed E-state index contributed by atoms with van der Waals surface area (Å²) in [6.07, 6.45) is 1.53. The predicted molar refractivity (Wildman–Crippen MR) is 99.7 cm³/mol. The Labute approximate surface area is 155 Å². The highest BCUT2D eigenvalue weighted by atomic mass is 32.1. The summed E-state index contributed by atoms with van der Waals surface area (Å²) in [6.45, 7) is 10.5. The summed E-state index contributed by atoms with van der Waals surface area (Å²) in [5, 5.41) is 0.330. The second-order valence-electron chi connectivity index (χ2n) is 6.48. The summed E-state index contributed by atoms with van der Waals surface area (Å²) in [6, 6.07) is -0.807. The van der Waals surface area contributed by atoms with Gasteiger partial charge in [-0.3, -0.25) is 9.36 Å². The van der Waals surface area contributed by atoms with Crippen molar-refractivity contribution in [2.24, 2.45) is 0 Å². The van der Waals surface area contributed by atoms with Crippen LogP contribution in [-0.2, 0) is 14.3 Å². The maximum atomic E-state index is 12.9. The molecular formula is C18H24N2O5S. The van der Waals surface area contributed by atoms with Gasteiger partial charge in [-0.2, -0.15) is 0 Å². The van der Waals surface area contributed by atoms with E-state index >= 15 is 0 Å². The number of carbonyl (C=O) groups is 2. The van der Waals surface area contributed by atoms with Crippen LogP contribution in [0.2, 0.25) is 0 Å². The molecule has 0 aliphatic heterocycles. The average molecular weight is 380 g/mol. The first-order valence-corrected chi connectivity index (χ1v) is 9.40. The van der Waals surface area contributed by atoms with E-state index in [-0.39, 0.29) is 17.8 Å². The van der Waals surface area contributed by atoms with Crippen molar-refractivity contribution in [3.63, 3.8) is 0 Å². The molecule has 8 heteroatoms. The molecule has 0 fully saturated rings. The van der Waals surface area contributed by atoms with Crippen LogP contribution in [0.5, 0.6) is 0 Å². The number of rotatable bonds is 6. The van der Waals surface area contributed by atoms with Crippen molar-refractivity contribution >= 4 is 33.5 Å². The molecule has 2 aromatic rings. The van der Waals surface area contributed by atoms with Crippen molar-refractivity contribution in [2.75, 3.05) is 0 Å². The Balaban J connectivity index is 2.45. The molecule has 26 heavy (non-hydrogen) atoms. The van der Waals surface area contributed by atoms with E-state index < -0.39 is 18.0 Å². The topological polar surface area (TPSA) is 87.5 Å². The van der Waals surface area contributed by atoms with Crippen LogP contribution in [0.25, 0.3) is 10.2 Å². The zero-order valence-corrected chi connectivity index (χ0v) is 16.7. The quantitative estimate of drug-likeness (QED) is 0.715. The number of hydrogen-bond acceptors (Lipinski definition) is 7.